The molecule has 0 saturated heterocycles. The Morgan fingerprint density at radius 1 is 1.09 bits per heavy atom. The van der Waals surface area contributed by atoms with Gasteiger partial charge in [0, 0.05) is 6.08 Å². The SMILES string of the molecule is CCCCC[C@@H]1CCCC(O)C[C@@H](O)C[C@H](O)C/C=C/C(=O)O1. The van der Waals surface area contributed by atoms with Crippen molar-refractivity contribution in [1.29, 1.82) is 0 Å². The summed E-state index contributed by atoms with van der Waals surface area (Å²) in [6.45, 7) is 2.13. The van der Waals surface area contributed by atoms with Gasteiger partial charge in [-0.3, -0.25) is 0 Å². The lowest BCUT2D eigenvalue weighted by Gasteiger charge is -2.21. The molecule has 1 aliphatic heterocycles. The first kappa shape index (κ1) is 20.1. The van der Waals surface area contributed by atoms with Gasteiger partial charge in [0.25, 0.3) is 0 Å². The fraction of sp³-hybridized carbons (Fsp3) is 0.833. The molecule has 134 valence electrons. The minimum absolute atomic E-state index is 0.122. The molecule has 0 amide bonds. The summed E-state index contributed by atoms with van der Waals surface area (Å²) in [5.41, 5.74) is 0. The third-order valence-corrected chi connectivity index (χ3v) is 4.23. The minimum atomic E-state index is -0.719. The molecule has 5 nitrogen and oxygen atoms in total. The van der Waals surface area contributed by atoms with Crippen LogP contribution in [0, 0.1) is 0 Å². The molecule has 0 fully saturated rings. The molecular weight excluding hydrogens is 296 g/mol. The van der Waals surface area contributed by atoms with E-state index >= 15 is 0 Å². The summed E-state index contributed by atoms with van der Waals surface area (Å²) in [6.07, 6.45) is 7.76. The van der Waals surface area contributed by atoms with Crippen LogP contribution in [0.15, 0.2) is 12.2 Å². The van der Waals surface area contributed by atoms with Crippen LogP contribution < -0.4 is 0 Å². The van der Waals surface area contributed by atoms with Gasteiger partial charge in [-0.05, 0) is 51.4 Å². The van der Waals surface area contributed by atoms with E-state index in [2.05, 4.69) is 6.92 Å². The molecule has 0 aromatic rings. The quantitative estimate of drug-likeness (QED) is 0.545. The Morgan fingerprint density at radius 2 is 1.83 bits per heavy atom. The van der Waals surface area contributed by atoms with Gasteiger partial charge >= 0.3 is 5.97 Å². The Bertz CT molecular complexity index is 355. The van der Waals surface area contributed by atoms with Gasteiger partial charge in [0.2, 0.25) is 0 Å². The van der Waals surface area contributed by atoms with Crippen molar-refractivity contribution >= 4 is 5.97 Å². The zero-order valence-corrected chi connectivity index (χ0v) is 14.2. The Kier molecular flexibility index (Phi) is 10.2. The monoisotopic (exact) mass is 328 g/mol. The van der Waals surface area contributed by atoms with Gasteiger partial charge < -0.3 is 20.1 Å². The summed E-state index contributed by atoms with van der Waals surface area (Å²) >= 11 is 0. The highest BCUT2D eigenvalue weighted by Gasteiger charge is 2.18. The molecule has 3 N–H and O–H groups in total. The van der Waals surface area contributed by atoms with Crippen LogP contribution in [0.5, 0.6) is 0 Å². The lowest BCUT2D eigenvalue weighted by molar-refractivity contribution is -0.143. The van der Waals surface area contributed by atoms with E-state index in [1.165, 1.54) is 6.08 Å². The first-order chi connectivity index (χ1) is 11.0. The van der Waals surface area contributed by atoms with Crippen LogP contribution in [0.25, 0.3) is 0 Å². The summed E-state index contributed by atoms with van der Waals surface area (Å²) < 4.78 is 5.50. The van der Waals surface area contributed by atoms with E-state index in [0.717, 1.165) is 38.5 Å². The molecule has 0 radical (unpaired) electrons. The van der Waals surface area contributed by atoms with Crippen LogP contribution in [-0.4, -0.2) is 45.7 Å². The van der Waals surface area contributed by atoms with Gasteiger partial charge in [0.15, 0.2) is 0 Å². The average molecular weight is 328 g/mol. The molecule has 0 aliphatic carbocycles. The lowest BCUT2D eigenvalue weighted by atomic mass is 9.98. The number of hydrogen-bond acceptors (Lipinski definition) is 5. The molecule has 0 bridgehead atoms. The number of rotatable bonds is 4. The number of aliphatic hydroxyl groups excluding tert-OH is 3. The smallest absolute Gasteiger partial charge is 0.330 e. The van der Waals surface area contributed by atoms with Crippen molar-refractivity contribution in [3.05, 3.63) is 12.2 Å². The van der Waals surface area contributed by atoms with E-state index in [0.29, 0.717) is 12.8 Å². The standard InChI is InChI=1S/C18H32O5/c1-2-3-4-9-17-10-5-7-14(19)12-16(21)13-15(20)8-6-11-18(22)23-17/h6,11,14-17,19-21H,2-5,7-10,12-13H2,1H3/b11-6+/t14?,15-,16-,17-/m1/s1. The number of ether oxygens (including phenoxy) is 1. The van der Waals surface area contributed by atoms with Crippen molar-refractivity contribution in [3.63, 3.8) is 0 Å². The van der Waals surface area contributed by atoms with Gasteiger partial charge in [-0.15, -0.1) is 0 Å². The van der Waals surface area contributed by atoms with Crippen molar-refractivity contribution in [2.24, 2.45) is 0 Å². The molecule has 5 heteroatoms. The van der Waals surface area contributed by atoms with Crippen molar-refractivity contribution in [2.45, 2.75) is 95.5 Å². The predicted octanol–water partition coefficient (Wildman–Crippen LogP) is 2.47. The number of unbranched alkanes of at least 4 members (excludes halogenated alkanes) is 2. The lowest BCUT2D eigenvalue weighted by Crippen LogP contribution is -2.24. The third-order valence-electron chi connectivity index (χ3n) is 4.23. The number of carbonyl (C=O) groups is 1. The highest BCUT2D eigenvalue weighted by atomic mass is 16.5. The molecule has 0 aromatic carbocycles. The van der Waals surface area contributed by atoms with Crippen LogP contribution in [0.3, 0.4) is 0 Å². The maximum atomic E-state index is 11.8. The number of carbonyl (C=O) groups excluding carboxylic acids is 1. The van der Waals surface area contributed by atoms with Crippen LogP contribution in [0.1, 0.15) is 71.1 Å². The van der Waals surface area contributed by atoms with E-state index in [1.54, 1.807) is 6.08 Å². The van der Waals surface area contributed by atoms with E-state index in [-0.39, 0.29) is 24.9 Å². The highest BCUT2D eigenvalue weighted by Crippen LogP contribution is 2.18. The van der Waals surface area contributed by atoms with E-state index in [1.807, 2.05) is 0 Å². The average Bonchev–Trinajstić information content (AvgIpc) is 2.46. The number of esters is 1. The van der Waals surface area contributed by atoms with E-state index < -0.39 is 18.3 Å². The number of hydrogen-bond donors (Lipinski definition) is 3. The van der Waals surface area contributed by atoms with Crippen molar-refractivity contribution in [1.82, 2.24) is 0 Å². The minimum Gasteiger partial charge on any atom is -0.459 e. The van der Waals surface area contributed by atoms with Crippen LogP contribution in [0.4, 0.5) is 0 Å². The molecule has 1 rings (SSSR count). The molecule has 1 unspecified atom stereocenters. The second-order valence-electron chi connectivity index (χ2n) is 6.56. The Balaban J connectivity index is 2.61. The molecule has 0 aromatic heterocycles. The van der Waals surface area contributed by atoms with Crippen molar-refractivity contribution in [3.8, 4) is 0 Å². The summed E-state index contributed by atoms with van der Waals surface area (Å²) in [4.78, 5) is 11.8. The predicted molar refractivity (Wildman–Crippen MR) is 88.9 cm³/mol. The van der Waals surface area contributed by atoms with Gasteiger partial charge in [0.05, 0.1) is 18.3 Å². The highest BCUT2D eigenvalue weighted by molar-refractivity contribution is 5.82. The summed E-state index contributed by atoms with van der Waals surface area (Å²) in [6, 6.07) is 0. The van der Waals surface area contributed by atoms with Crippen molar-refractivity contribution < 1.29 is 24.9 Å². The molecule has 1 heterocycles. The van der Waals surface area contributed by atoms with Gasteiger partial charge in [-0.1, -0.05) is 25.8 Å². The largest absolute Gasteiger partial charge is 0.459 e. The summed E-state index contributed by atoms with van der Waals surface area (Å²) in [7, 11) is 0. The Labute approximate surface area is 139 Å². The first-order valence-corrected chi connectivity index (χ1v) is 8.92. The second kappa shape index (κ2) is 11.6. The Morgan fingerprint density at radius 3 is 2.57 bits per heavy atom. The molecular formula is C18H32O5. The van der Waals surface area contributed by atoms with Gasteiger partial charge in [-0.2, -0.15) is 0 Å². The number of aliphatic hydroxyl groups is 3. The van der Waals surface area contributed by atoms with Crippen LogP contribution in [-0.2, 0) is 9.53 Å². The van der Waals surface area contributed by atoms with E-state index in [9.17, 15) is 20.1 Å². The van der Waals surface area contributed by atoms with Crippen molar-refractivity contribution in [2.75, 3.05) is 0 Å². The summed E-state index contributed by atoms with van der Waals surface area (Å²) in [5, 5.41) is 29.6. The van der Waals surface area contributed by atoms with E-state index in [4.69, 9.17) is 4.74 Å². The topological polar surface area (TPSA) is 87.0 Å². The molecule has 0 saturated carbocycles. The van der Waals surface area contributed by atoms with Crippen LogP contribution >= 0.6 is 0 Å². The first-order valence-electron chi connectivity index (χ1n) is 8.92. The summed E-state index contributed by atoms with van der Waals surface area (Å²) in [5.74, 6) is -0.378. The maximum Gasteiger partial charge on any atom is 0.330 e. The molecule has 23 heavy (non-hydrogen) atoms. The fourth-order valence-electron chi connectivity index (χ4n) is 2.93. The molecule has 1 aliphatic rings. The Hall–Kier alpha value is -0.910. The third kappa shape index (κ3) is 9.74. The van der Waals surface area contributed by atoms with Crippen LogP contribution in [0.2, 0.25) is 0 Å². The zero-order valence-electron chi connectivity index (χ0n) is 14.2. The fourth-order valence-corrected chi connectivity index (χ4v) is 2.93. The number of cyclic esters (lactones) is 1. The maximum absolute atomic E-state index is 11.8. The molecule has 4 atom stereocenters. The van der Waals surface area contributed by atoms with Gasteiger partial charge in [-0.25, -0.2) is 4.79 Å². The molecule has 0 spiro atoms. The van der Waals surface area contributed by atoms with Gasteiger partial charge in [0.1, 0.15) is 6.10 Å². The second-order valence-corrected chi connectivity index (χ2v) is 6.56. The zero-order chi connectivity index (χ0) is 17.1. The normalized spacial score (nSPS) is 32.8.